The van der Waals surface area contributed by atoms with Crippen molar-refractivity contribution in [2.45, 2.75) is 12.5 Å². The molecule has 3 heteroatoms. The molecule has 0 aromatic heterocycles. The molecule has 1 rings (SSSR count). The Morgan fingerprint density at radius 3 is 2.43 bits per heavy atom. The van der Waals surface area contributed by atoms with Crippen molar-refractivity contribution in [3.05, 3.63) is 0 Å². The predicted octanol–water partition coefficient (Wildman–Crippen LogP) is 0.872. The number of halogens is 1. The van der Waals surface area contributed by atoms with Crippen LogP contribution in [0.15, 0.2) is 0 Å². The highest BCUT2D eigenvalue weighted by Gasteiger charge is 2.08. The molecule has 0 aromatic carbocycles. The second-order valence-corrected chi connectivity index (χ2v) is 2.77. The first-order chi connectivity index (χ1) is 2.89. The SMILES string of the molecule is Cl.N[C@@H]1CCSC1. The van der Waals surface area contributed by atoms with E-state index in [4.69, 9.17) is 5.73 Å². The average molecular weight is 140 g/mol. The standard InChI is InChI=1S/C4H9NS.ClH/c5-4-1-2-6-3-4;/h4H,1-3,5H2;1H/t4-;/m1./s1. The molecule has 2 N–H and O–H groups in total. The van der Waals surface area contributed by atoms with Crippen molar-refractivity contribution in [3.63, 3.8) is 0 Å². The summed E-state index contributed by atoms with van der Waals surface area (Å²) in [5.41, 5.74) is 5.51. The van der Waals surface area contributed by atoms with Crippen molar-refractivity contribution < 1.29 is 0 Å². The molecule has 0 amide bonds. The van der Waals surface area contributed by atoms with Gasteiger partial charge in [-0.05, 0) is 12.2 Å². The molecule has 1 nitrogen and oxygen atoms in total. The van der Waals surface area contributed by atoms with Gasteiger partial charge in [-0.2, -0.15) is 11.8 Å². The van der Waals surface area contributed by atoms with Crippen molar-refractivity contribution in [1.29, 1.82) is 0 Å². The monoisotopic (exact) mass is 139 g/mol. The van der Waals surface area contributed by atoms with Gasteiger partial charge in [-0.25, -0.2) is 0 Å². The maximum Gasteiger partial charge on any atom is 0.0138 e. The Morgan fingerprint density at radius 1 is 1.57 bits per heavy atom. The number of nitrogens with two attached hydrogens (primary N) is 1. The van der Waals surface area contributed by atoms with Crippen LogP contribution in [0.1, 0.15) is 6.42 Å². The van der Waals surface area contributed by atoms with E-state index >= 15 is 0 Å². The van der Waals surface area contributed by atoms with Gasteiger partial charge >= 0.3 is 0 Å². The fourth-order valence-electron chi connectivity index (χ4n) is 0.553. The Labute approximate surface area is 54.4 Å². The van der Waals surface area contributed by atoms with Gasteiger partial charge in [0.2, 0.25) is 0 Å². The second kappa shape index (κ2) is 3.58. The van der Waals surface area contributed by atoms with E-state index in [-0.39, 0.29) is 12.4 Å². The lowest BCUT2D eigenvalue weighted by Crippen LogP contribution is -2.17. The van der Waals surface area contributed by atoms with Crippen LogP contribution in [0.3, 0.4) is 0 Å². The van der Waals surface area contributed by atoms with Crippen LogP contribution in [0.4, 0.5) is 0 Å². The van der Waals surface area contributed by atoms with Crippen molar-refractivity contribution in [2.75, 3.05) is 11.5 Å². The van der Waals surface area contributed by atoms with Gasteiger partial charge in [0.05, 0.1) is 0 Å². The molecular weight excluding hydrogens is 130 g/mol. The van der Waals surface area contributed by atoms with E-state index in [0.29, 0.717) is 6.04 Å². The average Bonchev–Trinajstić information content (AvgIpc) is 1.86. The summed E-state index contributed by atoms with van der Waals surface area (Å²) < 4.78 is 0. The van der Waals surface area contributed by atoms with Crippen LogP contribution in [0, 0.1) is 0 Å². The van der Waals surface area contributed by atoms with Crippen LogP contribution in [-0.4, -0.2) is 17.5 Å². The molecule has 1 fully saturated rings. The Kier molecular flexibility index (Phi) is 3.89. The van der Waals surface area contributed by atoms with Gasteiger partial charge in [0.25, 0.3) is 0 Å². The minimum absolute atomic E-state index is 0. The summed E-state index contributed by atoms with van der Waals surface area (Å²) in [6.07, 6.45) is 1.23. The molecule has 0 bridgehead atoms. The maximum absolute atomic E-state index is 5.51. The largest absolute Gasteiger partial charge is 0.327 e. The van der Waals surface area contributed by atoms with Gasteiger partial charge in [-0.1, -0.05) is 0 Å². The molecule has 0 unspecified atom stereocenters. The minimum atomic E-state index is 0. The van der Waals surface area contributed by atoms with E-state index in [1.54, 1.807) is 0 Å². The fourth-order valence-corrected chi connectivity index (χ4v) is 1.66. The molecule has 1 saturated heterocycles. The Morgan fingerprint density at radius 2 is 2.29 bits per heavy atom. The molecule has 1 atom stereocenters. The summed E-state index contributed by atoms with van der Waals surface area (Å²) in [4.78, 5) is 0. The number of hydrogen-bond acceptors (Lipinski definition) is 2. The Bertz CT molecular complexity index is 45.0. The quantitative estimate of drug-likeness (QED) is 0.539. The lowest BCUT2D eigenvalue weighted by atomic mass is 10.3. The van der Waals surface area contributed by atoms with E-state index in [1.807, 2.05) is 11.8 Å². The van der Waals surface area contributed by atoms with Gasteiger partial charge in [-0.15, -0.1) is 12.4 Å². The van der Waals surface area contributed by atoms with Crippen LogP contribution < -0.4 is 5.73 Å². The summed E-state index contributed by atoms with van der Waals surface area (Å²) in [5, 5.41) is 0. The zero-order valence-electron chi connectivity index (χ0n) is 4.09. The Balaban J connectivity index is 0.000000360. The molecule has 0 radical (unpaired) electrons. The maximum atomic E-state index is 5.51. The summed E-state index contributed by atoms with van der Waals surface area (Å²) in [5.74, 6) is 2.46. The van der Waals surface area contributed by atoms with Crippen molar-refractivity contribution in [3.8, 4) is 0 Å². The molecular formula is C4H10ClNS. The summed E-state index contributed by atoms with van der Waals surface area (Å²) >= 11 is 1.96. The van der Waals surface area contributed by atoms with E-state index in [9.17, 15) is 0 Å². The van der Waals surface area contributed by atoms with Crippen LogP contribution in [0.2, 0.25) is 0 Å². The smallest absolute Gasteiger partial charge is 0.0138 e. The normalized spacial score (nSPS) is 29.6. The first kappa shape index (κ1) is 7.60. The predicted molar refractivity (Wildman–Crippen MR) is 37.2 cm³/mol. The van der Waals surface area contributed by atoms with Gasteiger partial charge in [0.1, 0.15) is 0 Å². The third kappa shape index (κ3) is 2.42. The number of hydrogen-bond donors (Lipinski definition) is 1. The topological polar surface area (TPSA) is 26.0 Å². The minimum Gasteiger partial charge on any atom is -0.327 e. The molecule has 1 aliphatic rings. The zero-order chi connectivity index (χ0) is 4.41. The third-order valence-corrected chi connectivity index (χ3v) is 2.15. The molecule has 0 aromatic rings. The molecule has 7 heavy (non-hydrogen) atoms. The van der Waals surface area contributed by atoms with Gasteiger partial charge in [0.15, 0.2) is 0 Å². The first-order valence-electron chi connectivity index (χ1n) is 2.23. The van der Waals surface area contributed by atoms with Gasteiger partial charge in [0, 0.05) is 11.8 Å². The zero-order valence-corrected chi connectivity index (χ0v) is 5.73. The number of thioether (sulfide) groups is 1. The molecule has 1 heterocycles. The summed E-state index contributed by atoms with van der Waals surface area (Å²) in [6, 6.07) is 0.509. The molecule has 0 aliphatic carbocycles. The molecule has 0 spiro atoms. The lowest BCUT2D eigenvalue weighted by Gasteiger charge is -1.91. The highest BCUT2D eigenvalue weighted by molar-refractivity contribution is 7.99. The van der Waals surface area contributed by atoms with Crippen LogP contribution in [0.25, 0.3) is 0 Å². The first-order valence-corrected chi connectivity index (χ1v) is 3.38. The van der Waals surface area contributed by atoms with Crippen molar-refractivity contribution in [2.24, 2.45) is 5.73 Å². The summed E-state index contributed by atoms with van der Waals surface area (Å²) in [7, 11) is 0. The van der Waals surface area contributed by atoms with Crippen LogP contribution in [-0.2, 0) is 0 Å². The van der Waals surface area contributed by atoms with E-state index < -0.39 is 0 Å². The molecule has 1 aliphatic heterocycles. The highest BCUT2D eigenvalue weighted by Crippen LogP contribution is 2.14. The highest BCUT2D eigenvalue weighted by atomic mass is 35.5. The van der Waals surface area contributed by atoms with E-state index in [0.717, 1.165) is 0 Å². The second-order valence-electron chi connectivity index (χ2n) is 1.62. The van der Waals surface area contributed by atoms with Crippen molar-refractivity contribution in [1.82, 2.24) is 0 Å². The third-order valence-electron chi connectivity index (χ3n) is 0.965. The van der Waals surface area contributed by atoms with E-state index in [1.165, 1.54) is 17.9 Å². The summed E-state index contributed by atoms with van der Waals surface area (Å²) in [6.45, 7) is 0. The molecule has 0 saturated carbocycles. The fraction of sp³-hybridized carbons (Fsp3) is 1.00. The number of rotatable bonds is 0. The Hall–Kier alpha value is 0.600. The molecule has 44 valence electrons. The van der Waals surface area contributed by atoms with Gasteiger partial charge in [-0.3, -0.25) is 0 Å². The van der Waals surface area contributed by atoms with Crippen LogP contribution in [0.5, 0.6) is 0 Å². The van der Waals surface area contributed by atoms with Gasteiger partial charge < -0.3 is 5.73 Å². The van der Waals surface area contributed by atoms with Crippen molar-refractivity contribution >= 4 is 24.2 Å². The lowest BCUT2D eigenvalue weighted by molar-refractivity contribution is 0.759. The van der Waals surface area contributed by atoms with E-state index in [2.05, 4.69) is 0 Å². The van der Waals surface area contributed by atoms with Crippen LogP contribution >= 0.6 is 24.2 Å².